The third-order valence-electron chi connectivity index (χ3n) is 6.43. The second kappa shape index (κ2) is 10.8. The van der Waals surface area contributed by atoms with Gasteiger partial charge >= 0.3 is 0 Å². The number of ether oxygens (including phenoxy) is 4. The molecule has 3 rings (SSSR count). The Morgan fingerprint density at radius 2 is 1.34 bits per heavy atom. The zero-order valence-electron chi connectivity index (χ0n) is 17.7. The molecule has 15 N–H and O–H groups in total. The number of hydrogen-bond donors (Lipinski definition) is 10. The molecule has 2 saturated heterocycles. The summed E-state index contributed by atoms with van der Waals surface area (Å²) in [5.41, 5.74) is 29.7. The minimum absolute atomic E-state index is 0.0855. The number of aliphatic hydroxyl groups is 5. The molecular weight excluding hydrogens is 430 g/mol. The van der Waals surface area contributed by atoms with E-state index in [9.17, 15) is 25.5 Å². The lowest BCUT2D eigenvalue weighted by Gasteiger charge is -2.47. The van der Waals surface area contributed by atoms with Gasteiger partial charge in [0, 0.05) is 31.1 Å². The molecule has 0 unspecified atom stereocenters. The van der Waals surface area contributed by atoms with Crippen LogP contribution in [0.2, 0.25) is 0 Å². The number of nitrogens with two attached hydrogens (primary N) is 5. The Morgan fingerprint density at radius 1 is 0.719 bits per heavy atom. The van der Waals surface area contributed by atoms with Gasteiger partial charge < -0.3 is 73.1 Å². The summed E-state index contributed by atoms with van der Waals surface area (Å²) in [4.78, 5) is 0. The Balaban J connectivity index is 1.69. The molecule has 1 aliphatic carbocycles. The molecular formula is C18H37N5O9. The molecule has 14 nitrogen and oxygen atoms in total. The quantitative estimate of drug-likeness (QED) is 0.174. The van der Waals surface area contributed by atoms with Gasteiger partial charge in [0.25, 0.3) is 0 Å². The number of hydrogen-bond acceptors (Lipinski definition) is 14. The van der Waals surface area contributed by atoms with E-state index in [0.717, 1.165) is 0 Å². The van der Waals surface area contributed by atoms with E-state index in [2.05, 4.69) is 0 Å². The molecule has 0 bridgehead atoms. The maximum Gasteiger partial charge on any atom is 0.176 e. The summed E-state index contributed by atoms with van der Waals surface area (Å²) >= 11 is 0. The predicted molar refractivity (Wildman–Crippen MR) is 108 cm³/mol. The van der Waals surface area contributed by atoms with E-state index in [1.807, 2.05) is 0 Å². The molecule has 3 fully saturated rings. The molecule has 3 aliphatic rings. The van der Waals surface area contributed by atoms with Crippen molar-refractivity contribution in [1.29, 1.82) is 0 Å². The molecule has 32 heavy (non-hydrogen) atoms. The van der Waals surface area contributed by atoms with E-state index in [1.165, 1.54) is 0 Å². The highest BCUT2D eigenvalue weighted by Gasteiger charge is 2.49. The predicted octanol–water partition coefficient (Wildman–Crippen LogP) is -6.30. The number of rotatable bonds is 6. The third-order valence-corrected chi connectivity index (χ3v) is 6.43. The van der Waals surface area contributed by atoms with Crippen LogP contribution in [0.15, 0.2) is 0 Å². The lowest BCUT2D eigenvalue weighted by molar-refractivity contribution is -0.303. The second-order valence-electron chi connectivity index (χ2n) is 8.77. The van der Waals surface area contributed by atoms with Crippen LogP contribution in [-0.2, 0) is 18.9 Å². The van der Waals surface area contributed by atoms with Crippen LogP contribution in [0.1, 0.15) is 12.8 Å². The van der Waals surface area contributed by atoms with Crippen LogP contribution in [0.5, 0.6) is 0 Å². The summed E-state index contributed by atoms with van der Waals surface area (Å²) < 4.78 is 22.8. The third kappa shape index (κ3) is 5.24. The van der Waals surface area contributed by atoms with Crippen molar-refractivity contribution in [2.45, 2.75) is 98.4 Å². The van der Waals surface area contributed by atoms with Crippen LogP contribution >= 0.6 is 0 Å². The van der Waals surface area contributed by atoms with Gasteiger partial charge in [-0.2, -0.15) is 0 Å². The highest BCUT2D eigenvalue weighted by Crippen LogP contribution is 2.30. The minimum Gasteiger partial charge on any atom is -0.394 e. The molecule has 1 saturated carbocycles. The zero-order chi connectivity index (χ0) is 23.7. The fourth-order valence-corrected chi connectivity index (χ4v) is 4.45. The lowest BCUT2D eigenvalue weighted by atomic mass is 9.84. The molecule has 14 heteroatoms. The Hall–Kier alpha value is -0.560. The maximum atomic E-state index is 11.0. The van der Waals surface area contributed by atoms with Crippen LogP contribution in [0.25, 0.3) is 0 Å². The molecule has 0 aromatic carbocycles. The lowest BCUT2D eigenvalue weighted by Crippen LogP contribution is -2.68. The average Bonchev–Trinajstić information content (AvgIpc) is 2.76. The van der Waals surface area contributed by atoms with Crippen molar-refractivity contribution in [1.82, 2.24) is 0 Å². The van der Waals surface area contributed by atoms with E-state index < -0.39 is 92.2 Å². The molecule has 0 spiro atoms. The smallest absolute Gasteiger partial charge is 0.176 e. The summed E-state index contributed by atoms with van der Waals surface area (Å²) in [5.74, 6) is 0. The van der Waals surface area contributed by atoms with Crippen molar-refractivity contribution in [3.8, 4) is 0 Å². The Labute approximate surface area is 185 Å². The van der Waals surface area contributed by atoms with Gasteiger partial charge in [-0.15, -0.1) is 0 Å². The first-order valence-electron chi connectivity index (χ1n) is 10.8. The van der Waals surface area contributed by atoms with Crippen molar-refractivity contribution in [2.75, 3.05) is 13.2 Å². The van der Waals surface area contributed by atoms with Crippen molar-refractivity contribution >= 4 is 0 Å². The first-order valence-corrected chi connectivity index (χ1v) is 10.8. The van der Waals surface area contributed by atoms with Gasteiger partial charge in [-0.25, -0.2) is 0 Å². The molecule has 2 heterocycles. The summed E-state index contributed by atoms with van der Waals surface area (Å²) in [7, 11) is 0. The largest absolute Gasteiger partial charge is 0.394 e. The van der Waals surface area contributed by atoms with Crippen LogP contribution in [0.3, 0.4) is 0 Å². The van der Waals surface area contributed by atoms with Gasteiger partial charge in [-0.3, -0.25) is 0 Å². The Morgan fingerprint density at radius 3 is 1.94 bits per heavy atom. The van der Waals surface area contributed by atoms with Crippen molar-refractivity contribution < 1.29 is 44.5 Å². The number of aliphatic hydroxyl groups excluding tert-OH is 5. The van der Waals surface area contributed by atoms with Gasteiger partial charge in [0.05, 0.1) is 18.8 Å². The van der Waals surface area contributed by atoms with E-state index in [4.69, 9.17) is 47.6 Å². The van der Waals surface area contributed by atoms with E-state index in [1.54, 1.807) is 0 Å². The van der Waals surface area contributed by atoms with Gasteiger partial charge in [0.2, 0.25) is 0 Å². The minimum atomic E-state index is -1.35. The van der Waals surface area contributed by atoms with Crippen LogP contribution in [0.4, 0.5) is 0 Å². The van der Waals surface area contributed by atoms with Crippen LogP contribution < -0.4 is 28.7 Å². The normalized spacial score (nSPS) is 52.7. The van der Waals surface area contributed by atoms with Gasteiger partial charge in [-0.1, -0.05) is 0 Å². The molecule has 188 valence electrons. The summed E-state index contributed by atoms with van der Waals surface area (Å²) in [6.07, 6.45) is -10.7. The van der Waals surface area contributed by atoms with E-state index in [0.29, 0.717) is 0 Å². The summed E-state index contributed by atoms with van der Waals surface area (Å²) in [6, 6.07) is -3.21. The van der Waals surface area contributed by atoms with E-state index in [-0.39, 0.29) is 19.4 Å². The van der Waals surface area contributed by atoms with Crippen molar-refractivity contribution in [3.63, 3.8) is 0 Å². The van der Waals surface area contributed by atoms with Gasteiger partial charge in [0.1, 0.15) is 42.7 Å². The molecule has 0 radical (unpaired) electrons. The Bertz CT molecular complexity index is 607. The van der Waals surface area contributed by atoms with Gasteiger partial charge in [0.15, 0.2) is 12.6 Å². The molecule has 0 aromatic rings. The Kier molecular flexibility index (Phi) is 8.79. The molecule has 2 aliphatic heterocycles. The average molecular weight is 468 g/mol. The maximum absolute atomic E-state index is 11.0. The molecule has 0 aromatic heterocycles. The van der Waals surface area contributed by atoms with Gasteiger partial charge in [-0.05, 0) is 6.42 Å². The highest BCUT2D eigenvalue weighted by molar-refractivity contribution is 5.01. The summed E-state index contributed by atoms with van der Waals surface area (Å²) in [6.45, 7) is -0.546. The fourth-order valence-electron chi connectivity index (χ4n) is 4.45. The first-order chi connectivity index (χ1) is 15.1. The highest BCUT2D eigenvalue weighted by atomic mass is 16.7. The SMILES string of the molecule is NC[C@H]1O[C@H](O[C@H]2[C@H](O)[C@@H](O[C@@H]3C[C@@H](N)[C@H](O)[C@@H](CO)O3)[C@H](N)C[C@@H]2N)[C@H](N)[C@@H](O)[C@@H]1O. The van der Waals surface area contributed by atoms with E-state index >= 15 is 0 Å². The van der Waals surface area contributed by atoms with Crippen LogP contribution in [-0.4, -0.2) is 124 Å². The summed E-state index contributed by atoms with van der Waals surface area (Å²) in [5, 5.41) is 50.5. The monoisotopic (exact) mass is 467 g/mol. The van der Waals surface area contributed by atoms with Crippen molar-refractivity contribution in [3.05, 3.63) is 0 Å². The fraction of sp³-hybridized carbons (Fsp3) is 1.00. The molecule has 0 amide bonds. The topological polar surface area (TPSA) is 268 Å². The van der Waals surface area contributed by atoms with Crippen LogP contribution in [0, 0.1) is 0 Å². The molecule has 14 atom stereocenters. The first kappa shape index (κ1) is 26.1. The van der Waals surface area contributed by atoms with Crippen molar-refractivity contribution in [2.24, 2.45) is 28.7 Å². The standard InChI is InChI=1S/C18H37N5O9/c19-3-8-13(26)14(27)11(23)18(30-8)32-17-7(22)1-6(21)16(15(17)28)31-10-2-5(20)12(25)9(4-24)29-10/h5-18,24-28H,1-4,19-23H2/t5-,6-,7+,8-,9-,10-,11-,12+,13-,14-,15-,16+,17-,18-/m1/s1. The second-order valence-corrected chi connectivity index (χ2v) is 8.77. The zero-order valence-corrected chi connectivity index (χ0v) is 17.7.